The van der Waals surface area contributed by atoms with E-state index in [1.165, 1.54) is 30.3 Å². The summed E-state index contributed by atoms with van der Waals surface area (Å²) in [4.78, 5) is 16.3. The monoisotopic (exact) mass is 409 g/mol. The number of benzene rings is 2. The van der Waals surface area contributed by atoms with Crippen LogP contribution in [0.1, 0.15) is 28.9 Å². The SMILES string of the molecule is CC(c1c(F)cccc1F)N1CCN(C(=O)c2ccc(N[SH](=O)=O)cc2)CC1. The van der Waals surface area contributed by atoms with Gasteiger partial charge < -0.3 is 4.90 Å². The second kappa shape index (κ2) is 8.66. The molecule has 6 nitrogen and oxygen atoms in total. The van der Waals surface area contributed by atoms with Gasteiger partial charge in [-0.1, -0.05) is 6.07 Å². The van der Waals surface area contributed by atoms with Crippen LogP contribution in [-0.2, 0) is 10.9 Å². The molecule has 1 N–H and O–H groups in total. The van der Waals surface area contributed by atoms with Crippen LogP contribution in [-0.4, -0.2) is 50.3 Å². The van der Waals surface area contributed by atoms with Crippen LogP contribution in [0, 0.1) is 11.6 Å². The lowest BCUT2D eigenvalue weighted by Crippen LogP contribution is -2.49. The lowest BCUT2D eigenvalue weighted by molar-refractivity contribution is 0.0576. The molecule has 0 aromatic heterocycles. The minimum atomic E-state index is -2.75. The van der Waals surface area contributed by atoms with Gasteiger partial charge in [-0.2, -0.15) is 0 Å². The predicted octanol–water partition coefficient (Wildman–Crippen LogP) is 2.42. The van der Waals surface area contributed by atoms with Gasteiger partial charge in [0, 0.05) is 49.0 Å². The number of halogens is 2. The van der Waals surface area contributed by atoms with Gasteiger partial charge in [0.05, 0.1) is 0 Å². The lowest BCUT2D eigenvalue weighted by atomic mass is 10.0. The smallest absolute Gasteiger partial charge is 0.253 e. The molecular formula is C19H21F2N3O3S. The van der Waals surface area contributed by atoms with Gasteiger partial charge in [0.25, 0.3) is 5.91 Å². The molecule has 1 amide bonds. The number of rotatable bonds is 5. The Labute approximate surface area is 163 Å². The van der Waals surface area contributed by atoms with Crippen LogP contribution in [0.4, 0.5) is 14.5 Å². The van der Waals surface area contributed by atoms with E-state index in [0.29, 0.717) is 37.4 Å². The minimum absolute atomic E-state index is 0.0436. The number of hydrogen-bond donors (Lipinski definition) is 2. The van der Waals surface area contributed by atoms with Gasteiger partial charge >= 0.3 is 0 Å². The van der Waals surface area contributed by atoms with Crippen molar-refractivity contribution in [1.82, 2.24) is 9.80 Å². The van der Waals surface area contributed by atoms with Gasteiger partial charge in [0.1, 0.15) is 11.6 Å². The highest BCUT2D eigenvalue weighted by atomic mass is 32.2. The zero-order chi connectivity index (χ0) is 20.3. The summed E-state index contributed by atoms with van der Waals surface area (Å²) >= 11 is 0. The Hall–Kier alpha value is -2.52. The van der Waals surface area contributed by atoms with Crippen LogP contribution in [0.25, 0.3) is 0 Å². The van der Waals surface area contributed by atoms with Crippen molar-refractivity contribution in [2.24, 2.45) is 0 Å². The highest BCUT2D eigenvalue weighted by Crippen LogP contribution is 2.27. The van der Waals surface area contributed by atoms with E-state index in [9.17, 15) is 22.0 Å². The van der Waals surface area contributed by atoms with E-state index in [0.717, 1.165) is 0 Å². The van der Waals surface area contributed by atoms with Gasteiger partial charge in [-0.25, -0.2) is 17.2 Å². The molecule has 1 saturated heterocycles. The summed E-state index contributed by atoms with van der Waals surface area (Å²) < 4.78 is 51.6. The third-order valence-electron chi connectivity index (χ3n) is 4.92. The molecule has 1 heterocycles. The van der Waals surface area contributed by atoms with Crippen molar-refractivity contribution in [3.8, 4) is 0 Å². The van der Waals surface area contributed by atoms with Crippen LogP contribution in [0.15, 0.2) is 42.5 Å². The summed E-state index contributed by atoms with van der Waals surface area (Å²) in [7, 11) is -2.75. The average Bonchev–Trinajstić information content (AvgIpc) is 2.67. The first-order valence-corrected chi connectivity index (χ1v) is 10.0. The number of anilines is 1. The number of nitrogens with zero attached hydrogens (tertiary/aromatic N) is 2. The number of piperazine rings is 1. The fourth-order valence-electron chi connectivity index (χ4n) is 3.38. The molecule has 0 bridgehead atoms. The summed E-state index contributed by atoms with van der Waals surface area (Å²) in [6, 6.07) is 9.58. The summed E-state index contributed by atoms with van der Waals surface area (Å²) in [5.41, 5.74) is 0.883. The third-order valence-corrected chi connectivity index (χ3v) is 5.36. The molecule has 1 fully saturated rings. The second-order valence-electron chi connectivity index (χ2n) is 6.59. The van der Waals surface area contributed by atoms with Crippen LogP contribution in [0.2, 0.25) is 0 Å². The number of amides is 1. The van der Waals surface area contributed by atoms with Crippen molar-refractivity contribution in [1.29, 1.82) is 0 Å². The fourth-order valence-corrected chi connectivity index (χ4v) is 3.74. The molecule has 9 heteroatoms. The van der Waals surface area contributed by atoms with Crippen molar-refractivity contribution in [3.63, 3.8) is 0 Å². The molecule has 0 radical (unpaired) electrons. The number of carbonyl (C=O) groups is 1. The third kappa shape index (κ3) is 4.48. The van der Waals surface area contributed by atoms with Gasteiger partial charge in [-0.3, -0.25) is 14.4 Å². The fraction of sp³-hybridized carbons (Fsp3) is 0.316. The van der Waals surface area contributed by atoms with Crippen molar-refractivity contribution in [2.75, 3.05) is 30.9 Å². The Bertz CT molecular complexity index is 898. The number of nitrogens with one attached hydrogen (secondary N) is 1. The average molecular weight is 409 g/mol. The number of thiol groups is 1. The van der Waals surface area contributed by atoms with Gasteiger partial charge in [0.15, 0.2) is 0 Å². The summed E-state index contributed by atoms with van der Waals surface area (Å²) in [5, 5.41) is 0. The van der Waals surface area contributed by atoms with E-state index in [-0.39, 0.29) is 11.5 Å². The largest absolute Gasteiger partial charge is 0.336 e. The number of carbonyl (C=O) groups excluding carboxylic acids is 1. The van der Waals surface area contributed by atoms with Gasteiger partial charge in [-0.05, 0) is 43.3 Å². The Morgan fingerprint density at radius 3 is 2.11 bits per heavy atom. The Kier molecular flexibility index (Phi) is 6.25. The maximum atomic E-state index is 14.0. The standard InChI is InChI=1S/C19H21F2N3O3S/c1-13(18-16(20)3-2-4-17(18)21)23-9-11-24(12-10-23)19(25)14-5-7-15(8-6-14)22-28(26)27/h2-8,13,28H,9-12H2,1H3,(H,22,26,27). The van der Waals surface area contributed by atoms with E-state index in [4.69, 9.17) is 0 Å². The van der Waals surface area contributed by atoms with Crippen LogP contribution < -0.4 is 4.72 Å². The Morgan fingerprint density at radius 1 is 1.00 bits per heavy atom. The Morgan fingerprint density at radius 2 is 1.57 bits per heavy atom. The number of hydrogen-bond acceptors (Lipinski definition) is 4. The van der Waals surface area contributed by atoms with Crippen LogP contribution in [0.5, 0.6) is 0 Å². The second-order valence-corrected chi connectivity index (χ2v) is 7.32. The molecular weight excluding hydrogens is 388 g/mol. The van der Waals surface area contributed by atoms with E-state index in [2.05, 4.69) is 4.72 Å². The zero-order valence-corrected chi connectivity index (χ0v) is 16.2. The van der Waals surface area contributed by atoms with Crippen LogP contribution >= 0.6 is 0 Å². The zero-order valence-electron chi connectivity index (χ0n) is 15.3. The van der Waals surface area contributed by atoms with E-state index in [1.54, 1.807) is 24.0 Å². The van der Waals surface area contributed by atoms with Gasteiger partial charge in [-0.15, -0.1) is 0 Å². The highest BCUT2D eigenvalue weighted by Gasteiger charge is 2.28. The maximum Gasteiger partial charge on any atom is 0.253 e. The van der Waals surface area contributed by atoms with Crippen molar-refractivity contribution >= 4 is 22.5 Å². The van der Waals surface area contributed by atoms with Crippen LogP contribution in [0.3, 0.4) is 0 Å². The van der Waals surface area contributed by atoms with E-state index in [1.807, 2.05) is 4.90 Å². The molecule has 1 aliphatic rings. The molecule has 2 aromatic rings. The van der Waals surface area contributed by atoms with E-state index < -0.39 is 28.6 Å². The minimum Gasteiger partial charge on any atom is -0.336 e. The Balaban J connectivity index is 1.62. The molecule has 2 aromatic carbocycles. The quantitative estimate of drug-likeness (QED) is 0.745. The molecule has 1 atom stereocenters. The van der Waals surface area contributed by atoms with Crippen molar-refractivity contribution in [3.05, 3.63) is 65.2 Å². The topological polar surface area (TPSA) is 69.7 Å². The van der Waals surface area contributed by atoms with Crippen molar-refractivity contribution < 1.29 is 22.0 Å². The normalized spacial score (nSPS) is 16.2. The molecule has 1 unspecified atom stereocenters. The molecule has 0 aliphatic carbocycles. The predicted molar refractivity (Wildman–Crippen MR) is 103 cm³/mol. The van der Waals surface area contributed by atoms with Crippen molar-refractivity contribution in [2.45, 2.75) is 13.0 Å². The molecule has 0 saturated carbocycles. The first kappa shape index (κ1) is 20.2. The molecule has 1 aliphatic heterocycles. The van der Waals surface area contributed by atoms with Gasteiger partial charge in [0.2, 0.25) is 10.9 Å². The summed E-state index contributed by atoms with van der Waals surface area (Å²) in [6.45, 7) is 3.62. The first-order chi connectivity index (χ1) is 13.4. The maximum absolute atomic E-state index is 14.0. The van der Waals surface area contributed by atoms with E-state index >= 15 is 0 Å². The molecule has 3 rings (SSSR count). The molecule has 28 heavy (non-hydrogen) atoms. The first-order valence-electron chi connectivity index (χ1n) is 8.85. The summed E-state index contributed by atoms with van der Waals surface area (Å²) in [5.74, 6) is -1.30. The highest BCUT2D eigenvalue weighted by molar-refractivity contribution is 7.73. The summed E-state index contributed by atoms with van der Waals surface area (Å²) in [6.07, 6.45) is 0. The lowest BCUT2D eigenvalue weighted by Gasteiger charge is -2.38. The molecule has 150 valence electrons. The molecule has 0 spiro atoms.